The van der Waals surface area contributed by atoms with Crippen LogP contribution >= 0.6 is 0 Å². The third kappa shape index (κ3) is 5.71. The van der Waals surface area contributed by atoms with Crippen LogP contribution in [-0.2, 0) is 26.1 Å². The van der Waals surface area contributed by atoms with E-state index in [2.05, 4.69) is 4.72 Å². The van der Waals surface area contributed by atoms with Gasteiger partial charge in [-0.2, -0.15) is 0 Å². The Labute approximate surface area is 183 Å². The van der Waals surface area contributed by atoms with Crippen LogP contribution in [-0.4, -0.2) is 44.9 Å². The van der Waals surface area contributed by atoms with E-state index in [1.165, 1.54) is 6.07 Å². The minimum absolute atomic E-state index is 0.0932. The van der Waals surface area contributed by atoms with Crippen LogP contribution in [0.2, 0.25) is 0 Å². The highest BCUT2D eigenvalue weighted by Crippen LogP contribution is 2.23. The summed E-state index contributed by atoms with van der Waals surface area (Å²) in [4.78, 5) is 26.6. The van der Waals surface area contributed by atoms with Crippen molar-refractivity contribution in [2.45, 2.75) is 38.1 Å². The topological polar surface area (TPSA) is 92.8 Å². The van der Waals surface area contributed by atoms with Crippen LogP contribution < -0.4 is 4.72 Å². The molecule has 1 fully saturated rings. The molecule has 0 radical (unpaired) electrons. The second-order valence-corrected chi connectivity index (χ2v) is 9.34. The average molecular weight is 445 g/mol. The summed E-state index contributed by atoms with van der Waals surface area (Å²) in [5.41, 5.74) is 1.74. The molecule has 1 heterocycles. The van der Waals surface area contributed by atoms with Crippen LogP contribution in [0.1, 0.15) is 41.3 Å². The number of carbonyl (C=O) groups excluding carboxylic acids is 2. The molecule has 2 aromatic carbocycles. The van der Waals surface area contributed by atoms with E-state index in [4.69, 9.17) is 4.74 Å². The van der Waals surface area contributed by atoms with Crippen LogP contribution in [0, 0.1) is 12.8 Å². The summed E-state index contributed by atoms with van der Waals surface area (Å²) in [6.07, 6.45) is 1.08. The number of amides is 1. The lowest BCUT2D eigenvalue weighted by Gasteiger charge is -2.31. The van der Waals surface area contributed by atoms with Gasteiger partial charge in [-0.25, -0.2) is 13.1 Å². The number of likely N-dealkylation sites (tertiary alicyclic amines) is 1. The largest absolute Gasteiger partial charge is 0.466 e. The van der Waals surface area contributed by atoms with E-state index in [-0.39, 0.29) is 29.2 Å². The van der Waals surface area contributed by atoms with Crippen molar-refractivity contribution in [3.63, 3.8) is 0 Å². The summed E-state index contributed by atoms with van der Waals surface area (Å²) in [6.45, 7) is 4.86. The Hall–Kier alpha value is -2.71. The Morgan fingerprint density at radius 3 is 2.42 bits per heavy atom. The third-order valence-electron chi connectivity index (χ3n) is 5.44. The molecule has 166 valence electrons. The number of esters is 1. The Kier molecular flexibility index (Phi) is 7.46. The standard InChI is InChI=1S/C23H28N2O5S/c1-3-30-23(27)19-11-13-25(14-12-19)22(26)20-10-9-17(2)21(15-20)31(28,29)24-16-18-7-5-4-6-8-18/h4-10,15,19,24H,3,11-14,16H2,1-2H3. The molecule has 0 bridgehead atoms. The number of ether oxygens (including phenoxy) is 1. The van der Waals surface area contributed by atoms with Gasteiger partial charge in [0.1, 0.15) is 0 Å². The van der Waals surface area contributed by atoms with Crippen LogP contribution in [0.4, 0.5) is 0 Å². The van der Waals surface area contributed by atoms with Gasteiger partial charge in [0.2, 0.25) is 10.0 Å². The Balaban J connectivity index is 1.70. The number of hydrogen-bond donors (Lipinski definition) is 1. The molecule has 0 saturated carbocycles. The first kappa shape index (κ1) is 23.0. The Morgan fingerprint density at radius 1 is 1.10 bits per heavy atom. The molecule has 1 N–H and O–H groups in total. The highest BCUT2D eigenvalue weighted by molar-refractivity contribution is 7.89. The lowest BCUT2D eigenvalue weighted by molar-refractivity contribution is -0.149. The second-order valence-electron chi connectivity index (χ2n) is 7.61. The normalized spacial score (nSPS) is 15.0. The van der Waals surface area contributed by atoms with Crippen molar-refractivity contribution in [1.82, 2.24) is 9.62 Å². The van der Waals surface area contributed by atoms with Crippen molar-refractivity contribution in [3.8, 4) is 0 Å². The molecule has 0 spiro atoms. The van der Waals surface area contributed by atoms with E-state index in [1.807, 2.05) is 30.3 Å². The second kappa shape index (κ2) is 10.1. The van der Waals surface area contributed by atoms with E-state index in [9.17, 15) is 18.0 Å². The van der Waals surface area contributed by atoms with E-state index in [0.717, 1.165) is 5.56 Å². The molecule has 0 aliphatic carbocycles. The van der Waals surface area contributed by atoms with E-state index in [0.29, 0.717) is 43.7 Å². The summed E-state index contributed by atoms with van der Waals surface area (Å²) < 4.78 is 33.4. The van der Waals surface area contributed by atoms with Crippen molar-refractivity contribution in [3.05, 3.63) is 65.2 Å². The molecule has 1 amide bonds. The number of sulfonamides is 1. The van der Waals surface area contributed by atoms with E-state index < -0.39 is 10.0 Å². The fourth-order valence-electron chi connectivity index (χ4n) is 3.64. The minimum atomic E-state index is -3.78. The van der Waals surface area contributed by atoms with Crippen molar-refractivity contribution < 1.29 is 22.7 Å². The quantitative estimate of drug-likeness (QED) is 0.663. The van der Waals surface area contributed by atoms with Gasteiger partial charge >= 0.3 is 5.97 Å². The summed E-state index contributed by atoms with van der Waals surface area (Å²) in [5, 5.41) is 0. The van der Waals surface area contributed by atoms with E-state index >= 15 is 0 Å². The predicted octanol–water partition coefficient (Wildman–Crippen LogP) is 2.89. The summed E-state index contributed by atoms with van der Waals surface area (Å²) in [7, 11) is -3.78. The minimum Gasteiger partial charge on any atom is -0.466 e. The molecule has 0 aromatic heterocycles. The Bertz CT molecular complexity index is 1030. The molecule has 3 rings (SSSR count). The zero-order valence-corrected chi connectivity index (χ0v) is 18.7. The number of piperidine rings is 1. The van der Waals surface area contributed by atoms with Crippen LogP contribution in [0.5, 0.6) is 0 Å². The molecule has 2 aromatic rings. The zero-order chi connectivity index (χ0) is 22.4. The van der Waals surface area contributed by atoms with Gasteiger partial charge in [-0.05, 0) is 49.9 Å². The van der Waals surface area contributed by atoms with Crippen molar-refractivity contribution in [2.24, 2.45) is 5.92 Å². The lowest BCUT2D eigenvalue weighted by atomic mass is 9.96. The molecule has 1 aliphatic rings. The van der Waals surface area contributed by atoms with Gasteiger partial charge in [-0.1, -0.05) is 36.4 Å². The van der Waals surface area contributed by atoms with Gasteiger partial charge in [-0.3, -0.25) is 9.59 Å². The zero-order valence-electron chi connectivity index (χ0n) is 17.8. The van der Waals surface area contributed by atoms with Crippen molar-refractivity contribution in [1.29, 1.82) is 0 Å². The Morgan fingerprint density at radius 2 is 1.77 bits per heavy atom. The fourth-order valence-corrected chi connectivity index (χ4v) is 4.92. The molecule has 8 heteroatoms. The number of carbonyl (C=O) groups is 2. The van der Waals surface area contributed by atoms with Crippen LogP contribution in [0.15, 0.2) is 53.4 Å². The van der Waals surface area contributed by atoms with Crippen LogP contribution in [0.3, 0.4) is 0 Å². The number of aryl methyl sites for hydroxylation is 1. The maximum absolute atomic E-state index is 13.0. The highest BCUT2D eigenvalue weighted by Gasteiger charge is 2.29. The van der Waals surface area contributed by atoms with Gasteiger partial charge in [0.05, 0.1) is 17.4 Å². The molecule has 1 saturated heterocycles. The maximum atomic E-state index is 13.0. The number of rotatable bonds is 7. The molecular formula is C23H28N2O5S. The van der Waals surface area contributed by atoms with Gasteiger partial charge in [-0.15, -0.1) is 0 Å². The monoisotopic (exact) mass is 444 g/mol. The van der Waals surface area contributed by atoms with Crippen molar-refractivity contribution in [2.75, 3.05) is 19.7 Å². The number of hydrogen-bond acceptors (Lipinski definition) is 5. The first-order chi connectivity index (χ1) is 14.8. The third-order valence-corrected chi connectivity index (χ3v) is 6.98. The highest BCUT2D eigenvalue weighted by atomic mass is 32.2. The lowest BCUT2D eigenvalue weighted by Crippen LogP contribution is -2.40. The summed E-state index contributed by atoms with van der Waals surface area (Å²) in [5.74, 6) is -0.648. The summed E-state index contributed by atoms with van der Waals surface area (Å²) in [6, 6.07) is 14.0. The molecule has 0 unspecified atom stereocenters. The van der Waals surface area contributed by atoms with Crippen LogP contribution in [0.25, 0.3) is 0 Å². The molecular weight excluding hydrogens is 416 g/mol. The maximum Gasteiger partial charge on any atom is 0.309 e. The van der Waals surface area contributed by atoms with E-state index in [1.54, 1.807) is 30.9 Å². The fraction of sp³-hybridized carbons (Fsp3) is 0.391. The molecule has 0 atom stereocenters. The molecule has 7 nitrogen and oxygen atoms in total. The average Bonchev–Trinajstić information content (AvgIpc) is 2.78. The van der Waals surface area contributed by atoms with Gasteiger partial charge in [0.25, 0.3) is 5.91 Å². The number of nitrogens with one attached hydrogen (secondary N) is 1. The molecule has 31 heavy (non-hydrogen) atoms. The first-order valence-corrected chi connectivity index (χ1v) is 11.9. The predicted molar refractivity (Wildman–Crippen MR) is 117 cm³/mol. The van der Waals surface area contributed by atoms with Crippen molar-refractivity contribution >= 4 is 21.9 Å². The first-order valence-electron chi connectivity index (χ1n) is 10.4. The SMILES string of the molecule is CCOC(=O)C1CCN(C(=O)c2ccc(C)c(S(=O)(=O)NCc3ccccc3)c2)CC1. The number of nitrogens with zero attached hydrogens (tertiary/aromatic N) is 1. The smallest absolute Gasteiger partial charge is 0.309 e. The van der Waals surface area contributed by atoms with Gasteiger partial charge in [0.15, 0.2) is 0 Å². The number of benzene rings is 2. The van der Waals surface area contributed by atoms with Gasteiger partial charge in [0, 0.05) is 25.2 Å². The molecule has 1 aliphatic heterocycles. The van der Waals surface area contributed by atoms with Gasteiger partial charge < -0.3 is 9.64 Å². The summed E-state index contributed by atoms with van der Waals surface area (Å²) >= 11 is 0.